The summed E-state index contributed by atoms with van der Waals surface area (Å²) in [4.78, 5) is 18.3. The Bertz CT molecular complexity index is 674. The molecule has 0 aliphatic rings. The van der Waals surface area contributed by atoms with Gasteiger partial charge in [0, 0.05) is 36.3 Å². The first kappa shape index (κ1) is 16.5. The zero-order valence-electron chi connectivity index (χ0n) is 13.0. The number of ether oxygens (including phenoxy) is 1. The van der Waals surface area contributed by atoms with Crippen molar-refractivity contribution in [2.45, 2.75) is 6.42 Å². The first-order chi connectivity index (χ1) is 10.5. The molecule has 0 saturated heterocycles. The van der Waals surface area contributed by atoms with Crippen LogP contribution >= 0.6 is 11.6 Å². The van der Waals surface area contributed by atoms with E-state index >= 15 is 0 Å². The second kappa shape index (κ2) is 7.42. The van der Waals surface area contributed by atoms with Crippen LogP contribution in [0.1, 0.15) is 5.56 Å². The molecule has 1 amide bonds. The van der Waals surface area contributed by atoms with Crippen LogP contribution in [0.2, 0.25) is 5.02 Å². The molecule has 1 aromatic carbocycles. The summed E-state index contributed by atoms with van der Waals surface area (Å²) in [6.07, 6.45) is 1.90. The average Bonchev–Trinajstić information content (AvgIpc) is 2.47. The number of aromatic nitrogens is 1. The van der Waals surface area contributed by atoms with Gasteiger partial charge in [0.15, 0.2) is 0 Å². The Labute approximate surface area is 135 Å². The number of rotatable bonds is 6. The van der Waals surface area contributed by atoms with Crippen molar-refractivity contribution in [1.82, 2.24) is 15.2 Å². The molecule has 1 heterocycles. The molecule has 0 aliphatic heterocycles. The van der Waals surface area contributed by atoms with Crippen molar-refractivity contribution in [3.8, 4) is 5.75 Å². The number of pyridine rings is 1. The largest absolute Gasteiger partial charge is 0.496 e. The van der Waals surface area contributed by atoms with Crippen LogP contribution in [0.5, 0.6) is 5.75 Å². The Hall–Kier alpha value is -1.85. The highest BCUT2D eigenvalue weighted by Gasteiger charge is 2.12. The van der Waals surface area contributed by atoms with E-state index in [1.165, 1.54) is 0 Å². The van der Waals surface area contributed by atoms with Crippen LogP contribution in [-0.2, 0) is 11.2 Å². The van der Waals surface area contributed by atoms with Gasteiger partial charge in [0.05, 0.1) is 24.1 Å². The quantitative estimate of drug-likeness (QED) is 0.885. The number of likely N-dealkylation sites (N-methyl/N-ethyl adjacent to an activating group) is 1. The number of halogens is 1. The number of hydrogen-bond donors (Lipinski definition) is 1. The first-order valence-electron chi connectivity index (χ1n) is 7.04. The van der Waals surface area contributed by atoms with Crippen molar-refractivity contribution >= 4 is 28.4 Å². The molecule has 2 rings (SSSR count). The lowest BCUT2D eigenvalue weighted by atomic mass is 10.1. The fourth-order valence-electron chi connectivity index (χ4n) is 2.17. The summed E-state index contributed by atoms with van der Waals surface area (Å²) in [6.45, 7) is 1.42. The Balaban J connectivity index is 2.19. The van der Waals surface area contributed by atoms with Gasteiger partial charge in [0.25, 0.3) is 0 Å². The van der Waals surface area contributed by atoms with Crippen molar-refractivity contribution in [3.63, 3.8) is 0 Å². The summed E-state index contributed by atoms with van der Waals surface area (Å²) < 4.78 is 5.37. The van der Waals surface area contributed by atoms with Gasteiger partial charge >= 0.3 is 0 Å². The average molecular weight is 322 g/mol. The Morgan fingerprint density at radius 1 is 1.41 bits per heavy atom. The van der Waals surface area contributed by atoms with E-state index in [0.717, 1.165) is 23.0 Å². The molecule has 0 unspecified atom stereocenters. The van der Waals surface area contributed by atoms with E-state index < -0.39 is 0 Å². The normalized spacial score (nSPS) is 11.0. The number of carbonyl (C=O) groups is 1. The maximum atomic E-state index is 12.0. The van der Waals surface area contributed by atoms with E-state index in [4.69, 9.17) is 16.3 Å². The number of fused-ring (bicyclic) bond motifs is 1. The number of carbonyl (C=O) groups excluding carboxylic acids is 1. The van der Waals surface area contributed by atoms with Crippen LogP contribution in [0.4, 0.5) is 0 Å². The predicted molar refractivity (Wildman–Crippen MR) is 88.6 cm³/mol. The highest BCUT2D eigenvalue weighted by molar-refractivity contribution is 6.35. The lowest BCUT2D eigenvalue weighted by Gasteiger charge is -2.13. The van der Waals surface area contributed by atoms with Crippen molar-refractivity contribution in [2.24, 2.45) is 0 Å². The number of benzene rings is 1. The van der Waals surface area contributed by atoms with Gasteiger partial charge < -0.3 is 15.0 Å². The zero-order valence-corrected chi connectivity index (χ0v) is 13.8. The minimum Gasteiger partial charge on any atom is -0.496 e. The highest BCUT2D eigenvalue weighted by atomic mass is 35.5. The fraction of sp³-hybridized carbons (Fsp3) is 0.375. The second-order valence-electron chi connectivity index (χ2n) is 5.30. The van der Waals surface area contributed by atoms with Crippen LogP contribution in [0, 0.1) is 0 Å². The minimum atomic E-state index is -0.0421. The lowest BCUT2D eigenvalue weighted by Crippen LogP contribution is -2.32. The molecular weight excluding hydrogens is 302 g/mol. The third kappa shape index (κ3) is 4.08. The number of nitrogens with one attached hydrogen (secondary N) is 1. The number of methoxy groups -OCH3 is 1. The molecule has 2 aromatic rings. The maximum absolute atomic E-state index is 12.0. The van der Waals surface area contributed by atoms with Crippen LogP contribution in [0.25, 0.3) is 10.9 Å². The molecule has 0 spiro atoms. The van der Waals surface area contributed by atoms with E-state index in [-0.39, 0.29) is 12.3 Å². The monoisotopic (exact) mass is 321 g/mol. The number of hydrogen-bond acceptors (Lipinski definition) is 4. The highest BCUT2D eigenvalue weighted by Crippen LogP contribution is 2.29. The van der Waals surface area contributed by atoms with Crippen molar-refractivity contribution in [2.75, 3.05) is 34.3 Å². The molecule has 0 aliphatic carbocycles. The van der Waals surface area contributed by atoms with Gasteiger partial charge in [-0.15, -0.1) is 0 Å². The van der Waals surface area contributed by atoms with Gasteiger partial charge in [0.2, 0.25) is 5.91 Å². The number of amides is 1. The smallest absolute Gasteiger partial charge is 0.224 e. The molecule has 1 N–H and O–H groups in total. The molecule has 0 saturated carbocycles. The zero-order chi connectivity index (χ0) is 16.1. The van der Waals surface area contributed by atoms with Crippen molar-refractivity contribution in [1.29, 1.82) is 0 Å². The predicted octanol–water partition coefficient (Wildman–Crippen LogP) is 2.12. The molecule has 6 heteroatoms. The van der Waals surface area contributed by atoms with Gasteiger partial charge in [-0.05, 0) is 26.2 Å². The number of nitrogens with zero attached hydrogens (tertiary/aromatic N) is 2. The van der Waals surface area contributed by atoms with Crippen LogP contribution in [-0.4, -0.2) is 50.1 Å². The first-order valence-corrected chi connectivity index (χ1v) is 7.41. The third-order valence-corrected chi connectivity index (χ3v) is 3.65. The van der Waals surface area contributed by atoms with E-state index in [1.807, 2.05) is 31.1 Å². The summed E-state index contributed by atoms with van der Waals surface area (Å²) in [7, 11) is 5.51. The van der Waals surface area contributed by atoms with Gasteiger partial charge in [-0.1, -0.05) is 11.6 Å². The van der Waals surface area contributed by atoms with Gasteiger partial charge in [-0.3, -0.25) is 9.78 Å². The SMILES string of the molecule is COc1cc2nccc(Cl)c2cc1CC(=O)NCCN(C)C. The lowest BCUT2D eigenvalue weighted by molar-refractivity contribution is -0.120. The minimum absolute atomic E-state index is 0.0421. The van der Waals surface area contributed by atoms with E-state index in [1.54, 1.807) is 19.4 Å². The van der Waals surface area contributed by atoms with Crippen LogP contribution in [0.15, 0.2) is 24.4 Å². The molecule has 0 bridgehead atoms. The molecule has 0 radical (unpaired) electrons. The molecular formula is C16H20ClN3O2. The standard InChI is InChI=1S/C16H20ClN3O2/c1-20(2)7-6-19-16(21)9-11-8-12-13(17)4-5-18-14(12)10-15(11)22-3/h4-5,8,10H,6-7,9H2,1-3H3,(H,19,21). The molecule has 118 valence electrons. The van der Waals surface area contributed by atoms with Gasteiger partial charge in [0.1, 0.15) is 5.75 Å². The van der Waals surface area contributed by atoms with Crippen LogP contribution in [0.3, 0.4) is 0 Å². The Morgan fingerprint density at radius 3 is 2.86 bits per heavy atom. The van der Waals surface area contributed by atoms with Crippen molar-refractivity contribution in [3.05, 3.63) is 35.0 Å². The van der Waals surface area contributed by atoms with Crippen molar-refractivity contribution < 1.29 is 9.53 Å². The fourth-order valence-corrected chi connectivity index (χ4v) is 2.38. The second-order valence-corrected chi connectivity index (χ2v) is 5.71. The summed E-state index contributed by atoms with van der Waals surface area (Å²) in [5.74, 6) is 0.601. The Kier molecular flexibility index (Phi) is 5.57. The maximum Gasteiger partial charge on any atom is 0.224 e. The molecule has 22 heavy (non-hydrogen) atoms. The topological polar surface area (TPSA) is 54.5 Å². The summed E-state index contributed by atoms with van der Waals surface area (Å²) >= 11 is 6.19. The van der Waals surface area contributed by atoms with E-state index in [2.05, 4.69) is 10.3 Å². The van der Waals surface area contributed by atoms with Crippen LogP contribution < -0.4 is 10.1 Å². The molecule has 0 atom stereocenters. The summed E-state index contributed by atoms with van der Waals surface area (Å²) in [5, 5.41) is 4.33. The Morgan fingerprint density at radius 2 is 2.18 bits per heavy atom. The van der Waals surface area contributed by atoms with E-state index in [0.29, 0.717) is 17.3 Å². The molecule has 5 nitrogen and oxygen atoms in total. The van der Waals surface area contributed by atoms with Gasteiger partial charge in [-0.25, -0.2) is 0 Å². The molecule has 1 aromatic heterocycles. The van der Waals surface area contributed by atoms with E-state index in [9.17, 15) is 4.79 Å². The third-order valence-electron chi connectivity index (χ3n) is 3.32. The molecule has 0 fully saturated rings. The summed E-state index contributed by atoms with van der Waals surface area (Å²) in [6, 6.07) is 5.41. The summed E-state index contributed by atoms with van der Waals surface area (Å²) in [5.41, 5.74) is 1.55. The van der Waals surface area contributed by atoms with Gasteiger partial charge in [-0.2, -0.15) is 0 Å².